The van der Waals surface area contributed by atoms with E-state index in [9.17, 15) is 14.7 Å². The molecule has 0 radical (unpaired) electrons. The summed E-state index contributed by atoms with van der Waals surface area (Å²) in [5, 5.41) is 15.1. The summed E-state index contributed by atoms with van der Waals surface area (Å²) in [5.41, 5.74) is 0.576. The van der Waals surface area contributed by atoms with Crippen LogP contribution in [0.25, 0.3) is 0 Å². The largest absolute Gasteiger partial charge is 0.480 e. The maximum atomic E-state index is 12.3. The van der Waals surface area contributed by atoms with Crippen LogP contribution in [-0.2, 0) is 16.0 Å². The smallest absolute Gasteiger partial charge is 0.326 e. The van der Waals surface area contributed by atoms with Crippen LogP contribution in [0.4, 0.5) is 0 Å². The monoisotopic (exact) mass is 290 g/mol. The molecule has 0 saturated carbocycles. The van der Waals surface area contributed by atoms with Crippen molar-refractivity contribution in [1.82, 2.24) is 10.6 Å². The van der Waals surface area contributed by atoms with Gasteiger partial charge < -0.3 is 15.7 Å². The maximum Gasteiger partial charge on any atom is 0.326 e. The highest BCUT2D eigenvalue weighted by Crippen LogP contribution is 2.24. The van der Waals surface area contributed by atoms with Crippen LogP contribution >= 0.6 is 0 Å². The molecule has 2 atom stereocenters. The number of carbonyl (C=O) groups is 2. The van der Waals surface area contributed by atoms with Crippen LogP contribution in [0.2, 0.25) is 0 Å². The van der Waals surface area contributed by atoms with E-state index >= 15 is 0 Å². The Bertz CT molecular complexity index is 496. The van der Waals surface area contributed by atoms with Crippen molar-refractivity contribution in [3.8, 4) is 0 Å². The molecule has 21 heavy (non-hydrogen) atoms. The second-order valence-corrected chi connectivity index (χ2v) is 5.88. The number of aryl methyl sites for hydroxylation is 1. The number of amides is 1. The van der Waals surface area contributed by atoms with Crippen molar-refractivity contribution < 1.29 is 14.7 Å². The Balaban J connectivity index is 1.93. The minimum Gasteiger partial charge on any atom is -0.480 e. The van der Waals surface area contributed by atoms with Crippen LogP contribution in [0.15, 0.2) is 30.3 Å². The van der Waals surface area contributed by atoms with E-state index in [0.717, 1.165) is 18.5 Å². The number of benzene rings is 1. The fraction of sp³-hybridized carbons (Fsp3) is 0.500. The molecule has 1 aromatic carbocycles. The third-order valence-corrected chi connectivity index (χ3v) is 4.08. The van der Waals surface area contributed by atoms with Gasteiger partial charge in [-0.3, -0.25) is 4.79 Å². The van der Waals surface area contributed by atoms with E-state index in [0.29, 0.717) is 19.4 Å². The normalized spacial score (nSPS) is 22.7. The zero-order valence-electron chi connectivity index (χ0n) is 12.3. The molecule has 3 N–H and O–H groups in total. The first-order chi connectivity index (χ1) is 10.0. The van der Waals surface area contributed by atoms with Gasteiger partial charge in [0.05, 0.1) is 5.41 Å². The van der Waals surface area contributed by atoms with Crippen molar-refractivity contribution in [3.63, 3.8) is 0 Å². The van der Waals surface area contributed by atoms with E-state index in [1.54, 1.807) is 0 Å². The molecule has 5 nitrogen and oxygen atoms in total. The number of hydrogen-bond acceptors (Lipinski definition) is 3. The van der Waals surface area contributed by atoms with Crippen LogP contribution in [-0.4, -0.2) is 36.1 Å². The first kappa shape index (κ1) is 15.5. The van der Waals surface area contributed by atoms with Gasteiger partial charge in [0.2, 0.25) is 5.91 Å². The maximum absolute atomic E-state index is 12.3. The highest BCUT2D eigenvalue weighted by molar-refractivity contribution is 5.87. The molecule has 1 amide bonds. The Hall–Kier alpha value is -1.88. The fourth-order valence-corrected chi connectivity index (χ4v) is 2.56. The SMILES string of the molecule is CC1(C(=O)N[C@@H](CCc2ccccc2)C(=O)O)CCNC1. The van der Waals surface area contributed by atoms with Crippen LogP contribution in [0, 0.1) is 5.41 Å². The lowest BCUT2D eigenvalue weighted by atomic mass is 9.88. The van der Waals surface area contributed by atoms with E-state index < -0.39 is 17.4 Å². The summed E-state index contributed by atoms with van der Waals surface area (Å²) in [7, 11) is 0. The number of carboxylic acids is 1. The number of carboxylic acid groups (broad SMARTS) is 1. The zero-order valence-corrected chi connectivity index (χ0v) is 12.3. The summed E-state index contributed by atoms with van der Waals surface area (Å²) < 4.78 is 0. The molecule has 0 spiro atoms. The summed E-state index contributed by atoms with van der Waals surface area (Å²) in [6.07, 6.45) is 1.77. The van der Waals surface area contributed by atoms with Gasteiger partial charge in [-0.15, -0.1) is 0 Å². The molecule has 1 fully saturated rings. The van der Waals surface area contributed by atoms with Crippen molar-refractivity contribution in [2.75, 3.05) is 13.1 Å². The average molecular weight is 290 g/mol. The molecular weight excluding hydrogens is 268 g/mol. The molecule has 0 bridgehead atoms. The summed E-state index contributed by atoms with van der Waals surface area (Å²) >= 11 is 0. The Labute approximate surface area is 124 Å². The molecule has 1 heterocycles. The van der Waals surface area contributed by atoms with Gasteiger partial charge in [0.1, 0.15) is 6.04 Å². The average Bonchev–Trinajstić information content (AvgIpc) is 2.92. The molecule has 0 aromatic heterocycles. The first-order valence-electron chi connectivity index (χ1n) is 7.30. The van der Waals surface area contributed by atoms with E-state index in [4.69, 9.17) is 0 Å². The third-order valence-electron chi connectivity index (χ3n) is 4.08. The van der Waals surface area contributed by atoms with E-state index in [1.165, 1.54) is 0 Å². The Morgan fingerprint density at radius 2 is 2.10 bits per heavy atom. The molecule has 0 aliphatic carbocycles. The second-order valence-electron chi connectivity index (χ2n) is 5.88. The minimum absolute atomic E-state index is 0.173. The molecule has 1 saturated heterocycles. The van der Waals surface area contributed by atoms with Crippen LogP contribution in [0.3, 0.4) is 0 Å². The van der Waals surface area contributed by atoms with Crippen molar-refractivity contribution in [2.24, 2.45) is 5.41 Å². The van der Waals surface area contributed by atoms with Crippen LogP contribution < -0.4 is 10.6 Å². The second kappa shape index (κ2) is 6.72. The van der Waals surface area contributed by atoms with Crippen LogP contribution in [0.1, 0.15) is 25.3 Å². The number of hydrogen-bond donors (Lipinski definition) is 3. The predicted molar refractivity (Wildman–Crippen MR) is 79.9 cm³/mol. The predicted octanol–water partition coefficient (Wildman–Crippen LogP) is 1.19. The first-order valence-corrected chi connectivity index (χ1v) is 7.30. The zero-order chi connectivity index (χ0) is 15.3. The Morgan fingerprint density at radius 3 is 2.67 bits per heavy atom. The van der Waals surface area contributed by atoms with Gasteiger partial charge in [0.15, 0.2) is 0 Å². The molecule has 1 unspecified atom stereocenters. The molecule has 1 aliphatic rings. The topological polar surface area (TPSA) is 78.4 Å². The molecule has 5 heteroatoms. The van der Waals surface area contributed by atoms with Gasteiger partial charge in [-0.05, 0) is 38.3 Å². The van der Waals surface area contributed by atoms with Crippen molar-refractivity contribution in [1.29, 1.82) is 0 Å². The quantitative estimate of drug-likeness (QED) is 0.735. The lowest BCUT2D eigenvalue weighted by Gasteiger charge is -2.24. The lowest BCUT2D eigenvalue weighted by Crippen LogP contribution is -2.48. The van der Waals surface area contributed by atoms with E-state index in [-0.39, 0.29) is 5.91 Å². The van der Waals surface area contributed by atoms with Gasteiger partial charge in [0.25, 0.3) is 0 Å². The van der Waals surface area contributed by atoms with Gasteiger partial charge in [0, 0.05) is 6.54 Å². The number of aliphatic carboxylic acids is 1. The molecular formula is C16H22N2O3. The summed E-state index contributed by atoms with van der Waals surface area (Å²) in [6.45, 7) is 3.27. The molecule has 2 rings (SSSR count). The molecule has 1 aromatic rings. The number of rotatable bonds is 6. The van der Waals surface area contributed by atoms with Crippen molar-refractivity contribution >= 4 is 11.9 Å². The van der Waals surface area contributed by atoms with Gasteiger partial charge in [-0.1, -0.05) is 30.3 Å². The number of carbonyl (C=O) groups excluding carboxylic acids is 1. The van der Waals surface area contributed by atoms with Gasteiger partial charge >= 0.3 is 5.97 Å². The summed E-state index contributed by atoms with van der Waals surface area (Å²) in [4.78, 5) is 23.6. The van der Waals surface area contributed by atoms with E-state index in [1.807, 2.05) is 37.3 Å². The number of nitrogens with one attached hydrogen (secondary N) is 2. The summed E-state index contributed by atoms with van der Waals surface area (Å²) in [5.74, 6) is -1.15. The van der Waals surface area contributed by atoms with E-state index in [2.05, 4.69) is 10.6 Å². The van der Waals surface area contributed by atoms with Gasteiger partial charge in [-0.2, -0.15) is 0 Å². The molecule has 114 valence electrons. The van der Waals surface area contributed by atoms with Crippen molar-refractivity contribution in [2.45, 2.75) is 32.2 Å². The summed E-state index contributed by atoms with van der Waals surface area (Å²) in [6, 6.07) is 8.86. The Morgan fingerprint density at radius 1 is 1.38 bits per heavy atom. The van der Waals surface area contributed by atoms with Gasteiger partial charge in [-0.25, -0.2) is 4.79 Å². The highest BCUT2D eigenvalue weighted by Gasteiger charge is 2.37. The minimum atomic E-state index is -0.978. The standard InChI is InChI=1S/C16H22N2O3/c1-16(9-10-17-11-16)15(21)18-13(14(19)20)8-7-12-5-3-2-4-6-12/h2-6,13,17H,7-11H2,1H3,(H,18,21)(H,19,20)/t13-,16?/m0/s1. The molecule has 1 aliphatic heterocycles. The highest BCUT2D eigenvalue weighted by atomic mass is 16.4. The van der Waals surface area contributed by atoms with Crippen LogP contribution in [0.5, 0.6) is 0 Å². The third kappa shape index (κ3) is 4.04. The Kier molecular flexibility index (Phi) is 4.96. The van der Waals surface area contributed by atoms with Crippen molar-refractivity contribution in [3.05, 3.63) is 35.9 Å². The lowest BCUT2D eigenvalue weighted by molar-refractivity contribution is -0.143. The fourth-order valence-electron chi connectivity index (χ4n) is 2.56.